The highest BCUT2D eigenvalue weighted by Gasteiger charge is 2.12. The summed E-state index contributed by atoms with van der Waals surface area (Å²) in [4.78, 5) is 20.3. The standard InChI is InChI=1S/C15H12FN3O2/c16-11-4-1-3-10(7-11)13(20)8-19-9-18-14-12(15(19)21)5-2-6-17-14/h1-7,9,13,20H,8H2/t13-/m0/s1. The van der Waals surface area contributed by atoms with E-state index in [2.05, 4.69) is 9.97 Å². The number of aliphatic hydroxyl groups is 1. The van der Waals surface area contributed by atoms with Crippen LogP contribution in [0.2, 0.25) is 0 Å². The quantitative estimate of drug-likeness (QED) is 0.794. The van der Waals surface area contributed by atoms with E-state index in [-0.39, 0.29) is 12.1 Å². The van der Waals surface area contributed by atoms with Gasteiger partial charge in [0.1, 0.15) is 12.1 Å². The van der Waals surface area contributed by atoms with Gasteiger partial charge in [-0.2, -0.15) is 0 Å². The largest absolute Gasteiger partial charge is 0.387 e. The van der Waals surface area contributed by atoms with Crippen molar-refractivity contribution >= 4 is 11.0 Å². The first kappa shape index (κ1) is 13.4. The number of fused-ring (bicyclic) bond motifs is 1. The highest BCUT2D eigenvalue weighted by atomic mass is 19.1. The van der Waals surface area contributed by atoms with E-state index >= 15 is 0 Å². The summed E-state index contributed by atoms with van der Waals surface area (Å²) in [5.41, 5.74) is 0.482. The van der Waals surface area contributed by atoms with E-state index in [1.165, 1.54) is 29.1 Å². The molecule has 0 fully saturated rings. The molecule has 1 N–H and O–H groups in total. The summed E-state index contributed by atoms with van der Waals surface area (Å²) < 4.78 is 14.4. The molecule has 3 aromatic rings. The minimum absolute atomic E-state index is 0.000120. The summed E-state index contributed by atoms with van der Waals surface area (Å²) in [7, 11) is 0. The molecule has 0 amide bonds. The normalized spacial score (nSPS) is 12.5. The molecule has 0 saturated heterocycles. The number of aromatic nitrogens is 3. The topological polar surface area (TPSA) is 68.0 Å². The Hall–Kier alpha value is -2.60. The van der Waals surface area contributed by atoms with Gasteiger partial charge in [-0.3, -0.25) is 9.36 Å². The summed E-state index contributed by atoms with van der Waals surface area (Å²) >= 11 is 0. The van der Waals surface area contributed by atoms with Crippen LogP contribution in [0.3, 0.4) is 0 Å². The zero-order valence-corrected chi connectivity index (χ0v) is 11.0. The fourth-order valence-corrected chi connectivity index (χ4v) is 2.13. The molecule has 6 heteroatoms. The number of hydrogen-bond acceptors (Lipinski definition) is 4. The monoisotopic (exact) mass is 285 g/mol. The number of nitrogens with zero attached hydrogens (tertiary/aromatic N) is 3. The summed E-state index contributed by atoms with van der Waals surface area (Å²) in [6, 6.07) is 8.94. The second-order valence-corrected chi connectivity index (χ2v) is 4.65. The summed E-state index contributed by atoms with van der Waals surface area (Å²) in [5, 5.41) is 10.5. The van der Waals surface area contributed by atoms with Gasteiger partial charge in [-0.1, -0.05) is 12.1 Å². The first-order valence-corrected chi connectivity index (χ1v) is 6.39. The van der Waals surface area contributed by atoms with Crippen molar-refractivity contribution in [3.63, 3.8) is 0 Å². The lowest BCUT2D eigenvalue weighted by atomic mass is 10.1. The van der Waals surface area contributed by atoms with E-state index in [1.807, 2.05) is 0 Å². The van der Waals surface area contributed by atoms with Crippen LogP contribution in [-0.4, -0.2) is 19.6 Å². The maximum atomic E-state index is 13.2. The van der Waals surface area contributed by atoms with E-state index in [9.17, 15) is 14.3 Å². The average Bonchev–Trinajstić information content (AvgIpc) is 2.50. The van der Waals surface area contributed by atoms with Crippen molar-refractivity contribution in [2.45, 2.75) is 12.6 Å². The van der Waals surface area contributed by atoms with Crippen LogP contribution in [0.1, 0.15) is 11.7 Å². The van der Waals surface area contributed by atoms with Crippen LogP contribution in [0.15, 0.2) is 53.7 Å². The number of hydrogen-bond donors (Lipinski definition) is 1. The lowest BCUT2D eigenvalue weighted by Crippen LogP contribution is -2.24. The van der Waals surface area contributed by atoms with Crippen LogP contribution in [-0.2, 0) is 6.54 Å². The molecule has 3 rings (SSSR count). The average molecular weight is 285 g/mol. The second-order valence-electron chi connectivity index (χ2n) is 4.65. The van der Waals surface area contributed by atoms with Gasteiger partial charge in [-0.15, -0.1) is 0 Å². The molecule has 0 saturated carbocycles. The Labute approximate surface area is 119 Å². The van der Waals surface area contributed by atoms with Crippen LogP contribution < -0.4 is 5.56 Å². The number of halogens is 1. The van der Waals surface area contributed by atoms with Crippen molar-refractivity contribution in [3.05, 3.63) is 70.7 Å². The van der Waals surface area contributed by atoms with Crippen molar-refractivity contribution in [3.8, 4) is 0 Å². The van der Waals surface area contributed by atoms with Gasteiger partial charge in [-0.25, -0.2) is 14.4 Å². The Morgan fingerprint density at radius 1 is 1.24 bits per heavy atom. The fraction of sp³-hybridized carbons (Fsp3) is 0.133. The minimum atomic E-state index is -0.991. The maximum Gasteiger partial charge on any atom is 0.262 e. The third kappa shape index (κ3) is 2.66. The number of pyridine rings is 1. The van der Waals surface area contributed by atoms with E-state index in [4.69, 9.17) is 0 Å². The van der Waals surface area contributed by atoms with Crippen LogP contribution >= 0.6 is 0 Å². The Bertz CT molecular complexity index is 847. The summed E-state index contributed by atoms with van der Waals surface area (Å²) in [5.74, 6) is -0.431. The molecule has 0 spiro atoms. The molecule has 0 bridgehead atoms. The van der Waals surface area contributed by atoms with Gasteiger partial charge in [0.15, 0.2) is 5.65 Å². The Morgan fingerprint density at radius 3 is 2.90 bits per heavy atom. The molecule has 0 radical (unpaired) electrons. The molecule has 2 heterocycles. The molecule has 0 unspecified atom stereocenters. The predicted molar refractivity (Wildman–Crippen MR) is 75.2 cm³/mol. The maximum absolute atomic E-state index is 13.2. The van der Waals surface area contributed by atoms with E-state index in [1.54, 1.807) is 24.4 Å². The van der Waals surface area contributed by atoms with Crippen molar-refractivity contribution < 1.29 is 9.50 Å². The van der Waals surface area contributed by atoms with Crippen molar-refractivity contribution in [1.82, 2.24) is 14.5 Å². The molecular weight excluding hydrogens is 273 g/mol. The Balaban J connectivity index is 1.95. The molecule has 106 valence electrons. The van der Waals surface area contributed by atoms with Gasteiger partial charge in [-0.05, 0) is 29.8 Å². The smallest absolute Gasteiger partial charge is 0.262 e. The van der Waals surface area contributed by atoms with Crippen LogP contribution in [0.25, 0.3) is 11.0 Å². The fourth-order valence-electron chi connectivity index (χ4n) is 2.13. The lowest BCUT2D eigenvalue weighted by Gasteiger charge is -2.13. The van der Waals surface area contributed by atoms with Crippen LogP contribution in [0.4, 0.5) is 4.39 Å². The van der Waals surface area contributed by atoms with E-state index in [0.29, 0.717) is 16.6 Å². The SMILES string of the molecule is O=c1c2cccnc2ncn1C[C@H](O)c1cccc(F)c1. The zero-order chi connectivity index (χ0) is 14.8. The van der Waals surface area contributed by atoms with Crippen molar-refractivity contribution in [2.75, 3.05) is 0 Å². The number of benzene rings is 1. The molecule has 0 aliphatic heterocycles. The van der Waals surface area contributed by atoms with Crippen molar-refractivity contribution in [1.29, 1.82) is 0 Å². The molecule has 1 aromatic carbocycles. The van der Waals surface area contributed by atoms with Gasteiger partial charge in [0.05, 0.1) is 18.0 Å². The molecule has 0 aliphatic rings. The van der Waals surface area contributed by atoms with Gasteiger partial charge < -0.3 is 5.11 Å². The van der Waals surface area contributed by atoms with Crippen molar-refractivity contribution in [2.24, 2.45) is 0 Å². The van der Waals surface area contributed by atoms with Gasteiger partial charge >= 0.3 is 0 Å². The second kappa shape index (κ2) is 5.41. The van der Waals surface area contributed by atoms with Gasteiger partial charge in [0.25, 0.3) is 5.56 Å². The zero-order valence-electron chi connectivity index (χ0n) is 11.0. The van der Waals surface area contributed by atoms with Gasteiger partial charge in [0.2, 0.25) is 0 Å². The van der Waals surface area contributed by atoms with E-state index < -0.39 is 11.9 Å². The first-order chi connectivity index (χ1) is 10.1. The molecule has 1 atom stereocenters. The first-order valence-electron chi connectivity index (χ1n) is 6.39. The minimum Gasteiger partial charge on any atom is -0.387 e. The third-order valence-electron chi connectivity index (χ3n) is 3.20. The Kier molecular flexibility index (Phi) is 3.45. The third-order valence-corrected chi connectivity index (χ3v) is 3.20. The molecular formula is C15H12FN3O2. The molecule has 21 heavy (non-hydrogen) atoms. The number of rotatable bonds is 3. The lowest BCUT2D eigenvalue weighted by molar-refractivity contribution is 0.154. The summed E-state index contributed by atoms with van der Waals surface area (Å²) in [6.07, 6.45) is 1.90. The molecule has 0 aliphatic carbocycles. The highest BCUT2D eigenvalue weighted by Crippen LogP contribution is 2.15. The van der Waals surface area contributed by atoms with Crippen LogP contribution in [0, 0.1) is 5.82 Å². The van der Waals surface area contributed by atoms with Crippen LogP contribution in [0.5, 0.6) is 0 Å². The molecule has 5 nitrogen and oxygen atoms in total. The predicted octanol–water partition coefficient (Wildman–Crippen LogP) is 1.66. The summed E-state index contributed by atoms with van der Waals surface area (Å²) in [6.45, 7) is 0.000120. The molecule has 2 aromatic heterocycles. The Morgan fingerprint density at radius 2 is 2.10 bits per heavy atom. The van der Waals surface area contributed by atoms with E-state index in [0.717, 1.165) is 0 Å². The number of aliphatic hydroxyl groups excluding tert-OH is 1. The van der Waals surface area contributed by atoms with Gasteiger partial charge in [0, 0.05) is 6.20 Å². The highest BCUT2D eigenvalue weighted by molar-refractivity contribution is 5.72.